The molecule has 3 amide bonds. The quantitative estimate of drug-likeness (QED) is 0.655. The van der Waals surface area contributed by atoms with Crippen molar-refractivity contribution in [1.29, 1.82) is 0 Å². The first-order valence-corrected chi connectivity index (χ1v) is 7.51. The van der Waals surface area contributed by atoms with Crippen molar-refractivity contribution in [2.45, 2.75) is 12.8 Å². The molecule has 0 aliphatic carbocycles. The number of hydrogen-bond donors (Lipinski definition) is 4. The zero-order chi connectivity index (χ0) is 17.4. The summed E-state index contributed by atoms with van der Waals surface area (Å²) in [7, 11) is 0. The van der Waals surface area contributed by atoms with Crippen molar-refractivity contribution in [3.05, 3.63) is 54.3 Å². The molecule has 0 aromatic heterocycles. The highest BCUT2D eigenvalue weighted by molar-refractivity contribution is 6.03. The number of hydrogen-bond acceptors (Lipinski definition) is 3. The van der Waals surface area contributed by atoms with Gasteiger partial charge in [-0.15, -0.1) is 0 Å². The Morgan fingerprint density at radius 1 is 0.958 bits per heavy atom. The van der Waals surface area contributed by atoms with E-state index < -0.39 is 11.8 Å². The van der Waals surface area contributed by atoms with Crippen LogP contribution in [-0.4, -0.2) is 18.5 Å². The monoisotopic (exact) mass is 330 g/mol. The zero-order valence-corrected chi connectivity index (χ0v) is 13.0. The fraction of sp³-hybridized carbons (Fsp3) is 0.176. The van der Waals surface area contributed by atoms with E-state index in [9.17, 15) is 14.0 Å². The van der Waals surface area contributed by atoms with Gasteiger partial charge in [-0.05, 0) is 43.3 Å². The Hall–Kier alpha value is -2.93. The van der Waals surface area contributed by atoms with Crippen molar-refractivity contribution in [1.82, 2.24) is 0 Å². The van der Waals surface area contributed by atoms with Crippen LogP contribution >= 0.6 is 0 Å². The van der Waals surface area contributed by atoms with E-state index in [2.05, 4.69) is 16.0 Å². The standard InChI is InChI=1S/C17H19FN4O2/c18-12-8-9-14(15(11-12)21-16(23)7-4-10-19)22-17(24)20-13-5-2-1-3-6-13/h1-3,5-6,8-9,11H,4,7,10,19H2,(H,21,23)(H2,20,22,24). The number of amides is 3. The van der Waals surface area contributed by atoms with Gasteiger partial charge < -0.3 is 21.7 Å². The molecule has 0 saturated carbocycles. The lowest BCUT2D eigenvalue weighted by Gasteiger charge is -2.13. The molecule has 5 N–H and O–H groups in total. The molecule has 0 heterocycles. The summed E-state index contributed by atoms with van der Waals surface area (Å²) < 4.78 is 13.4. The molecule has 2 aromatic carbocycles. The normalized spacial score (nSPS) is 10.1. The molecule has 6 nitrogen and oxygen atoms in total. The van der Waals surface area contributed by atoms with E-state index in [1.807, 2.05) is 6.07 Å². The van der Waals surface area contributed by atoms with E-state index in [1.54, 1.807) is 24.3 Å². The molecule has 0 saturated heterocycles. The first kappa shape index (κ1) is 17.4. The van der Waals surface area contributed by atoms with Gasteiger partial charge in [-0.1, -0.05) is 18.2 Å². The highest BCUT2D eigenvalue weighted by Crippen LogP contribution is 2.23. The van der Waals surface area contributed by atoms with Gasteiger partial charge in [0.05, 0.1) is 11.4 Å². The van der Waals surface area contributed by atoms with Crippen molar-refractivity contribution in [2.75, 3.05) is 22.5 Å². The number of carbonyl (C=O) groups is 2. The number of nitrogens with two attached hydrogens (primary N) is 1. The predicted molar refractivity (Wildman–Crippen MR) is 92.4 cm³/mol. The minimum Gasteiger partial charge on any atom is -0.330 e. The van der Waals surface area contributed by atoms with Crippen LogP contribution in [0.1, 0.15) is 12.8 Å². The molecule has 0 bridgehead atoms. The molecule has 0 aliphatic heterocycles. The van der Waals surface area contributed by atoms with E-state index in [-0.39, 0.29) is 18.0 Å². The van der Waals surface area contributed by atoms with Gasteiger partial charge in [0, 0.05) is 12.1 Å². The minimum absolute atomic E-state index is 0.195. The number of anilines is 3. The summed E-state index contributed by atoms with van der Waals surface area (Å²) >= 11 is 0. The summed E-state index contributed by atoms with van der Waals surface area (Å²) in [5.74, 6) is -0.810. The van der Waals surface area contributed by atoms with Crippen LogP contribution < -0.4 is 21.7 Å². The molecule has 0 aliphatic rings. The lowest BCUT2D eigenvalue weighted by Crippen LogP contribution is -2.21. The second-order valence-electron chi connectivity index (χ2n) is 5.08. The summed E-state index contributed by atoms with van der Waals surface area (Å²) in [6, 6.07) is 12.1. The number of benzene rings is 2. The van der Waals surface area contributed by atoms with Crippen LogP contribution in [0.2, 0.25) is 0 Å². The predicted octanol–water partition coefficient (Wildman–Crippen LogP) is 3.15. The van der Waals surface area contributed by atoms with E-state index in [1.165, 1.54) is 12.1 Å². The highest BCUT2D eigenvalue weighted by atomic mass is 19.1. The van der Waals surface area contributed by atoms with Gasteiger partial charge >= 0.3 is 6.03 Å². The molecular weight excluding hydrogens is 311 g/mol. The molecule has 0 spiro atoms. The van der Waals surface area contributed by atoms with Crippen molar-refractivity contribution in [2.24, 2.45) is 5.73 Å². The lowest BCUT2D eigenvalue weighted by molar-refractivity contribution is -0.116. The Morgan fingerprint density at radius 3 is 2.42 bits per heavy atom. The van der Waals surface area contributed by atoms with Crippen LogP contribution in [0.4, 0.5) is 26.2 Å². The van der Waals surface area contributed by atoms with Crippen molar-refractivity contribution in [3.63, 3.8) is 0 Å². The summed E-state index contributed by atoms with van der Waals surface area (Å²) in [5, 5.41) is 7.82. The molecule has 0 fully saturated rings. The minimum atomic E-state index is -0.516. The number of halogens is 1. The average molecular weight is 330 g/mol. The summed E-state index contributed by atoms with van der Waals surface area (Å²) in [5.41, 5.74) is 6.47. The third kappa shape index (κ3) is 5.36. The molecule has 0 unspecified atom stereocenters. The van der Waals surface area contributed by atoms with Crippen LogP contribution in [0, 0.1) is 5.82 Å². The number of carbonyl (C=O) groups excluding carboxylic acids is 2. The molecule has 2 aromatic rings. The Labute approximate surface area is 139 Å². The zero-order valence-electron chi connectivity index (χ0n) is 13.0. The van der Waals surface area contributed by atoms with Gasteiger partial charge in [0.15, 0.2) is 0 Å². The number of urea groups is 1. The van der Waals surface area contributed by atoms with Gasteiger partial charge in [-0.2, -0.15) is 0 Å². The molecule has 24 heavy (non-hydrogen) atoms. The number of para-hydroxylation sites is 1. The van der Waals surface area contributed by atoms with Crippen LogP contribution in [0.5, 0.6) is 0 Å². The fourth-order valence-electron chi connectivity index (χ4n) is 2.01. The molecule has 126 valence electrons. The van der Waals surface area contributed by atoms with E-state index >= 15 is 0 Å². The topological polar surface area (TPSA) is 96.2 Å². The largest absolute Gasteiger partial charge is 0.330 e. The molecule has 0 atom stereocenters. The summed E-state index contributed by atoms with van der Waals surface area (Å²) in [6.45, 7) is 0.390. The second-order valence-corrected chi connectivity index (χ2v) is 5.08. The van der Waals surface area contributed by atoms with E-state index in [4.69, 9.17) is 5.73 Å². The van der Waals surface area contributed by atoms with Crippen molar-refractivity contribution < 1.29 is 14.0 Å². The first-order chi connectivity index (χ1) is 11.6. The Morgan fingerprint density at radius 2 is 1.71 bits per heavy atom. The van der Waals surface area contributed by atoms with Gasteiger partial charge in [0.2, 0.25) is 5.91 Å². The maximum Gasteiger partial charge on any atom is 0.323 e. The average Bonchev–Trinajstić information content (AvgIpc) is 2.56. The maximum absolute atomic E-state index is 13.4. The van der Waals surface area contributed by atoms with Gasteiger partial charge in [-0.25, -0.2) is 9.18 Å². The Balaban J connectivity index is 2.06. The van der Waals surface area contributed by atoms with Crippen LogP contribution in [-0.2, 0) is 4.79 Å². The van der Waals surface area contributed by atoms with Gasteiger partial charge in [0.1, 0.15) is 5.82 Å². The third-order valence-corrected chi connectivity index (χ3v) is 3.14. The fourth-order valence-corrected chi connectivity index (χ4v) is 2.01. The summed E-state index contributed by atoms with van der Waals surface area (Å²) in [4.78, 5) is 23.8. The smallest absolute Gasteiger partial charge is 0.323 e. The Kier molecular flexibility index (Phi) is 6.27. The lowest BCUT2D eigenvalue weighted by atomic mass is 10.2. The van der Waals surface area contributed by atoms with E-state index in [0.29, 0.717) is 24.3 Å². The number of rotatable bonds is 6. The van der Waals surface area contributed by atoms with Crippen molar-refractivity contribution in [3.8, 4) is 0 Å². The molecule has 2 rings (SSSR count). The highest BCUT2D eigenvalue weighted by Gasteiger charge is 2.11. The number of nitrogens with one attached hydrogen (secondary N) is 3. The maximum atomic E-state index is 13.4. The SMILES string of the molecule is NCCCC(=O)Nc1cc(F)ccc1NC(=O)Nc1ccccc1. The molecule has 0 radical (unpaired) electrons. The second kappa shape index (κ2) is 8.64. The van der Waals surface area contributed by atoms with Crippen molar-refractivity contribution >= 4 is 29.0 Å². The Bertz CT molecular complexity index is 707. The third-order valence-electron chi connectivity index (χ3n) is 3.14. The van der Waals surface area contributed by atoms with Crippen LogP contribution in [0.25, 0.3) is 0 Å². The molecular formula is C17H19FN4O2. The summed E-state index contributed by atoms with van der Waals surface area (Å²) in [6.07, 6.45) is 0.751. The van der Waals surface area contributed by atoms with Crippen LogP contribution in [0.15, 0.2) is 48.5 Å². The molecule has 7 heteroatoms. The van der Waals surface area contributed by atoms with Gasteiger partial charge in [0.25, 0.3) is 0 Å². The van der Waals surface area contributed by atoms with E-state index in [0.717, 1.165) is 6.07 Å². The van der Waals surface area contributed by atoms with Crippen LogP contribution in [0.3, 0.4) is 0 Å². The first-order valence-electron chi connectivity index (χ1n) is 7.51. The van der Waals surface area contributed by atoms with Gasteiger partial charge in [-0.3, -0.25) is 4.79 Å².